The summed E-state index contributed by atoms with van der Waals surface area (Å²) in [6.45, 7) is 2.50. The van der Waals surface area contributed by atoms with Gasteiger partial charge in [-0.15, -0.1) is 0 Å². The van der Waals surface area contributed by atoms with E-state index in [0.29, 0.717) is 0 Å². The molecule has 64 valence electrons. The summed E-state index contributed by atoms with van der Waals surface area (Å²) in [4.78, 5) is 14.9. The minimum absolute atomic E-state index is 0.128. The third kappa shape index (κ3) is 1.38. The van der Waals surface area contributed by atoms with Gasteiger partial charge in [0.2, 0.25) is 0 Å². The van der Waals surface area contributed by atoms with Crippen molar-refractivity contribution in [2.24, 2.45) is 0 Å². The number of rotatable bonds is 0. The molecule has 0 unspecified atom stereocenters. The molecular weight excluding hydrogens is 269 g/mol. The molecule has 2 rings (SSSR count). The molecule has 1 aliphatic heterocycles. The van der Waals surface area contributed by atoms with Crippen molar-refractivity contribution in [3.05, 3.63) is 28.4 Å². The van der Waals surface area contributed by atoms with Crippen LogP contribution >= 0.6 is 22.9 Å². The molecule has 0 bridgehead atoms. The number of halogens is 1. The molecule has 0 fully saturated rings. The van der Waals surface area contributed by atoms with Crippen LogP contribution in [0.2, 0.25) is 0 Å². The molecule has 12 heavy (non-hydrogen) atoms. The first-order chi connectivity index (χ1) is 5.77. The predicted octanol–water partition coefficient (Wildman–Crippen LogP) is 0.409. The van der Waals surface area contributed by atoms with Crippen LogP contribution < -0.4 is 5.69 Å². The molecule has 0 atom stereocenters. The lowest BCUT2D eigenvalue weighted by atomic mass is 10.3. The van der Waals surface area contributed by atoms with Crippen LogP contribution in [0.1, 0.15) is 5.69 Å². The van der Waals surface area contributed by atoms with Crippen molar-refractivity contribution in [1.82, 2.24) is 12.7 Å². The smallest absolute Gasteiger partial charge is 0.294 e. The van der Waals surface area contributed by atoms with Gasteiger partial charge in [-0.05, 0) is 6.07 Å². The average molecular weight is 277 g/mol. The van der Waals surface area contributed by atoms with Crippen molar-refractivity contribution in [2.75, 3.05) is 6.54 Å². The van der Waals surface area contributed by atoms with Gasteiger partial charge in [-0.2, -0.15) is 0 Å². The Kier molecular flexibility index (Phi) is 2.14. The quantitative estimate of drug-likeness (QED) is 0.509. The SMILES string of the molecule is O=c1nccc2n1CCN(I)C2. The van der Waals surface area contributed by atoms with Gasteiger partial charge in [-0.1, -0.05) is 0 Å². The van der Waals surface area contributed by atoms with Gasteiger partial charge in [-0.3, -0.25) is 4.57 Å². The molecule has 0 aromatic carbocycles. The molecule has 0 spiro atoms. The zero-order chi connectivity index (χ0) is 8.55. The fourth-order valence-electron chi connectivity index (χ4n) is 1.31. The molecule has 5 heteroatoms. The van der Waals surface area contributed by atoms with Crippen molar-refractivity contribution in [3.63, 3.8) is 0 Å². The second-order valence-electron chi connectivity index (χ2n) is 2.71. The Hall–Kier alpha value is -0.430. The summed E-state index contributed by atoms with van der Waals surface area (Å²) in [6, 6.07) is 1.90. The molecule has 1 aliphatic rings. The molecular formula is C7H8IN3O. The van der Waals surface area contributed by atoms with Crippen LogP contribution in [-0.2, 0) is 13.1 Å². The maximum atomic E-state index is 11.2. The van der Waals surface area contributed by atoms with Gasteiger partial charge in [0.15, 0.2) is 0 Å². The first-order valence-electron chi connectivity index (χ1n) is 3.73. The summed E-state index contributed by atoms with van der Waals surface area (Å²) >= 11 is 2.26. The Morgan fingerprint density at radius 2 is 2.33 bits per heavy atom. The third-order valence-corrected chi connectivity index (χ3v) is 2.75. The van der Waals surface area contributed by atoms with Crippen molar-refractivity contribution in [2.45, 2.75) is 13.1 Å². The highest BCUT2D eigenvalue weighted by Gasteiger charge is 2.13. The number of hydrogen-bond acceptors (Lipinski definition) is 3. The van der Waals surface area contributed by atoms with Crippen LogP contribution in [-0.4, -0.2) is 19.2 Å². The van der Waals surface area contributed by atoms with E-state index in [1.54, 1.807) is 10.8 Å². The van der Waals surface area contributed by atoms with E-state index in [2.05, 4.69) is 31.0 Å². The van der Waals surface area contributed by atoms with E-state index in [0.717, 1.165) is 25.3 Å². The van der Waals surface area contributed by atoms with Crippen LogP contribution in [0.3, 0.4) is 0 Å². The minimum Gasteiger partial charge on any atom is -0.294 e. The Morgan fingerprint density at radius 3 is 3.17 bits per heavy atom. The molecule has 0 saturated heterocycles. The van der Waals surface area contributed by atoms with Gasteiger partial charge in [0.25, 0.3) is 0 Å². The normalized spacial score (nSPS) is 17.4. The molecule has 0 aliphatic carbocycles. The Bertz CT molecular complexity index is 349. The average Bonchev–Trinajstić information content (AvgIpc) is 2.04. The number of fused-ring (bicyclic) bond motifs is 1. The zero-order valence-electron chi connectivity index (χ0n) is 6.40. The summed E-state index contributed by atoms with van der Waals surface area (Å²) in [6.07, 6.45) is 1.57. The number of nitrogens with zero attached hydrogens (tertiary/aromatic N) is 3. The van der Waals surface area contributed by atoms with E-state index in [1.165, 1.54) is 0 Å². The fourth-order valence-corrected chi connectivity index (χ4v) is 1.88. The summed E-state index contributed by atoms with van der Waals surface area (Å²) in [7, 11) is 0. The largest absolute Gasteiger partial charge is 0.347 e. The highest BCUT2D eigenvalue weighted by Crippen LogP contribution is 2.12. The summed E-state index contributed by atoms with van der Waals surface area (Å²) in [5, 5.41) is 0. The molecule has 0 N–H and O–H groups in total. The van der Waals surface area contributed by atoms with Gasteiger partial charge >= 0.3 is 5.69 Å². The van der Waals surface area contributed by atoms with E-state index in [1.807, 2.05) is 6.07 Å². The first kappa shape index (κ1) is 8.18. The molecule has 1 aromatic rings. The molecule has 0 radical (unpaired) electrons. The van der Waals surface area contributed by atoms with Crippen LogP contribution in [0.5, 0.6) is 0 Å². The standard InChI is InChI=1S/C7H8IN3O/c8-10-3-4-11-6(5-10)1-2-9-7(11)12/h1-2H,3-5H2. The molecule has 2 heterocycles. The minimum atomic E-state index is -0.128. The number of aromatic nitrogens is 2. The van der Waals surface area contributed by atoms with Crippen LogP contribution in [0.25, 0.3) is 0 Å². The molecule has 1 aromatic heterocycles. The lowest BCUT2D eigenvalue weighted by Gasteiger charge is -2.23. The molecule has 0 saturated carbocycles. The van der Waals surface area contributed by atoms with Crippen molar-refractivity contribution < 1.29 is 0 Å². The first-order valence-corrected chi connectivity index (χ1v) is 4.69. The molecule has 4 nitrogen and oxygen atoms in total. The van der Waals surface area contributed by atoms with E-state index in [-0.39, 0.29) is 5.69 Å². The topological polar surface area (TPSA) is 38.1 Å². The van der Waals surface area contributed by atoms with Gasteiger partial charge in [0.05, 0.1) is 0 Å². The summed E-state index contributed by atoms with van der Waals surface area (Å²) in [5.41, 5.74) is 0.924. The summed E-state index contributed by atoms with van der Waals surface area (Å²) in [5.74, 6) is 0. The molecule has 0 amide bonds. The number of hydrogen-bond donors (Lipinski definition) is 0. The highest BCUT2D eigenvalue weighted by atomic mass is 127. The van der Waals surface area contributed by atoms with Gasteiger partial charge < -0.3 is 0 Å². The second kappa shape index (κ2) is 3.14. The van der Waals surface area contributed by atoms with Crippen molar-refractivity contribution >= 4 is 22.9 Å². The van der Waals surface area contributed by atoms with Crippen molar-refractivity contribution in [1.29, 1.82) is 0 Å². The van der Waals surface area contributed by atoms with Gasteiger partial charge in [0, 0.05) is 54.4 Å². The van der Waals surface area contributed by atoms with Crippen molar-refractivity contribution in [3.8, 4) is 0 Å². The maximum absolute atomic E-state index is 11.2. The Morgan fingerprint density at radius 1 is 1.50 bits per heavy atom. The van der Waals surface area contributed by atoms with E-state index < -0.39 is 0 Å². The Labute approximate surface area is 83.7 Å². The van der Waals surface area contributed by atoms with Gasteiger partial charge in [0.1, 0.15) is 0 Å². The van der Waals surface area contributed by atoms with E-state index >= 15 is 0 Å². The fraction of sp³-hybridized carbons (Fsp3) is 0.429. The zero-order valence-corrected chi connectivity index (χ0v) is 8.56. The van der Waals surface area contributed by atoms with Crippen LogP contribution in [0, 0.1) is 0 Å². The monoisotopic (exact) mass is 277 g/mol. The van der Waals surface area contributed by atoms with Gasteiger partial charge in [-0.25, -0.2) is 12.9 Å². The highest BCUT2D eigenvalue weighted by molar-refractivity contribution is 14.1. The van der Waals surface area contributed by atoms with E-state index in [9.17, 15) is 4.79 Å². The van der Waals surface area contributed by atoms with Crippen LogP contribution in [0.4, 0.5) is 0 Å². The third-order valence-electron chi connectivity index (χ3n) is 1.93. The maximum Gasteiger partial charge on any atom is 0.347 e. The lowest BCUT2D eigenvalue weighted by Crippen LogP contribution is -2.35. The Balaban J connectivity index is 2.49. The second-order valence-corrected chi connectivity index (χ2v) is 4.08. The van der Waals surface area contributed by atoms with Crippen LogP contribution in [0.15, 0.2) is 17.1 Å². The lowest BCUT2D eigenvalue weighted by molar-refractivity contribution is 0.388. The summed E-state index contributed by atoms with van der Waals surface area (Å²) < 4.78 is 3.89. The predicted molar refractivity (Wildman–Crippen MR) is 52.9 cm³/mol. The van der Waals surface area contributed by atoms with E-state index in [4.69, 9.17) is 0 Å².